The van der Waals surface area contributed by atoms with Gasteiger partial charge in [0, 0.05) is 55.2 Å². The van der Waals surface area contributed by atoms with Crippen molar-refractivity contribution < 1.29 is 4.55 Å². The molecule has 3 aromatic rings. The van der Waals surface area contributed by atoms with Crippen molar-refractivity contribution in [2.45, 2.75) is 24.6 Å². The number of nitrogens with one attached hydrogen (secondary N) is 3. The number of piperazine rings is 1. The molecule has 2 aliphatic rings. The Labute approximate surface area is 190 Å². The van der Waals surface area contributed by atoms with Gasteiger partial charge in [-0.2, -0.15) is 14.9 Å². The van der Waals surface area contributed by atoms with Crippen LogP contribution in [0, 0.1) is 11.3 Å². The standard InChI is InChI=1S/C22H26N8OS/c1-32(31)14-15-10-18(4-5-19(15)29-8-6-24-7-9-29)26-20-11-21(27-17-2-3-17)30-22(28-20)16(12-23)13-25-30/h4-5,10-11,13,17,24,27H,2-3,6-9,14H2,1H3,(H,26,28). The highest BCUT2D eigenvalue weighted by molar-refractivity contribution is 7.89. The van der Waals surface area contributed by atoms with Gasteiger partial charge in [0.15, 0.2) is 5.65 Å². The molecule has 0 bridgehead atoms. The second-order valence-electron chi connectivity index (χ2n) is 8.27. The van der Waals surface area contributed by atoms with Gasteiger partial charge < -0.3 is 25.4 Å². The van der Waals surface area contributed by atoms with Crippen LogP contribution in [-0.2, 0) is 16.9 Å². The molecule has 32 heavy (non-hydrogen) atoms. The van der Waals surface area contributed by atoms with E-state index in [4.69, 9.17) is 0 Å². The van der Waals surface area contributed by atoms with Crippen molar-refractivity contribution in [1.29, 1.82) is 5.26 Å². The molecule has 0 radical (unpaired) electrons. The van der Waals surface area contributed by atoms with E-state index in [1.807, 2.05) is 12.1 Å². The summed E-state index contributed by atoms with van der Waals surface area (Å²) in [6.07, 6.45) is 5.53. The fraction of sp³-hybridized carbons (Fsp3) is 0.409. The Morgan fingerprint density at radius 2 is 2.09 bits per heavy atom. The van der Waals surface area contributed by atoms with Gasteiger partial charge in [0.05, 0.1) is 12.5 Å². The smallest absolute Gasteiger partial charge is 0.177 e. The Hall–Kier alpha value is -3.00. The summed E-state index contributed by atoms with van der Waals surface area (Å²) in [7, 11) is 0. The third-order valence-corrected chi connectivity index (χ3v) is 6.41. The molecule has 1 aromatic carbocycles. The molecule has 5 rings (SSSR count). The monoisotopic (exact) mass is 450 g/mol. The Bertz CT molecular complexity index is 1160. The fourth-order valence-electron chi connectivity index (χ4n) is 4.01. The van der Waals surface area contributed by atoms with Crippen molar-refractivity contribution in [3.63, 3.8) is 0 Å². The average Bonchev–Trinajstić information content (AvgIpc) is 3.50. The number of nitriles is 1. The zero-order valence-electron chi connectivity index (χ0n) is 18.0. The Morgan fingerprint density at radius 3 is 2.81 bits per heavy atom. The first-order chi connectivity index (χ1) is 15.6. The number of aromatic nitrogens is 3. The van der Waals surface area contributed by atoms with Crippen LogP contribution in [0.25, 0.3) is 5.65 Å². The van der Waals surface area contributed by atoms with Crippen LogP contribution in [0.2, 0.25) is 0 Å². The lowest BCUT2D eigenvalue weighted by Gasteiger charge is -2.31. The first-order valence-corrected chi connectivity index (χ1v) is 12.5. The van der Waals surface area contributed by atoms with Crippen molar-refractivity contribution in [2.75, 3.05) is 48.0 Å². The Morgan fingerprint density at radius 1 is 1.28 bits per heavy atom. The fourth-order valence-corrected chi connectivity index (χ4v) is 4.67. The molecule has 3 N–H and O–H groups in total. The van der Waals surface area contributed by atoms with Crippen LogP contribution in [0.15, 0.2) is 30.5 Å². The number of hydrogen-bond acceptors (Lipinski definition) is 8. The second kappa shape index (κ2) is 8.86. The van der Waals surface area contributed by atoms with Gasteiger partial charge in [-0.3, -0.25) is 0 Å². The van der Waals surface area contributed by atoms with E-state index in [2.05, 4.69) is 49.1 Å². The maximum atomic E-state index is 12.1. The van der Waals surface area contributed by atoms with E-state index < -0.39 is 11.2 Å². The van der Waals surface area contributed by atoms with Gasteiger partial charge in [0.1, 0.15) is 29.0 Å². The summed E-state index contributed by atoms with van der Waals surface area (Å²) in [6.45, 7) is 3.76. The van der Waals surface area contributed by atoms with Gasteiger partial charge in [-0.05, 0) is 31.0 Å². The molecule has 0 spiro atoms. The third kappa shape index (κ3) is 4.46. The quantitative estimate of drug-likeness (QED) is 0.469. The molecule has 1 atom stereocenters. The Balaban J connectivity index is 1.48. The molecular formula is C22H26N8OS. The molecule has 1 saturated heterocycles. The molecular weight excluding hydrogens is 424 g/mol. The molecule has 3 heterocycles. The van der Waals surface area contributed by atoms with Crippen LogP contribution in [0.3, 0.4) is 0 Å². The Kier molecular flexibility index (Phi) is 5.78. The first-order valence-electron chi connectivity index (χ1n) is 10.8. The van der Waals surface area contributed by atoms with E-state index in [1.165, 1.54) is 0 Å². The SMILES string of the molecule is C[S+]([O-])Cc1cc(Nc2cc(NC3CC3)n3ncc(C#N)c3n2)ccc1N1CCNCC1. The van der Waals surface area contributed by atoms with Crippen LogP contribution in [0.5, 0.6) is 0 Å². The van der Waals surface area contributed by atoms with Gasteiger partial charge in [-0.15, -0.1) is 0 Å². The number of fused-ring (bicyclic) bond motifs is 1. The van der Waals surface area contributed by atoms with Crippen molar-refractivity contribution in [2.24, 2.45) is 0 Å². The summed E-state index contributed by atoms with van der Waals surface area (Å²) < 4.78 is 13.7. The summed E-state index contributed by atoms with van der Waals surface area (Å²) >= 11 is -0.950. The van der Waals surface area contributed by atoms with Crippen LogP contribution >= 0.6 is 0 Å². The van der Waals surface area contributed by atoms with Crippen LogP contribution in [0.4, 0.5) is 23.0 Å². The highest BCUT2D eigenvalue weighted by Crippen LogP contribution is 2.30. The van der Waals surface area contributed by atoms with E-state index >= 15 is 0 Å². The van der Waals surface area contributed by atoms with E-state index in [-0.39, 0.29) is 0 Å². The van der Waals surface area contributed by atoms with Gasteiger partial charge in [-0.25, -0.2) is 4.98 Å². The lowest BCUT2D eigenvalue weighted by molar-refractivity contribution is 0.587. The predicted molar refractivity (Wildman–Crippen MR) is 127 cm³/mol. The van der Waals surface area contributed by atoms with Crippen molar-refractivity contribution in [3.8, 4) is 6.07 Å². The zero-order valence-corrected chi connectivity index (χ0v) is 18.8. The number of rotatable bonds is 7. The van der Waals surface area contributed by atoms with Gasteiger partial charge in [0.2, 0.25) is 0 Å². The molecule has 1 saturated carbocycles. The highest BCUT2D eigenvalue weighted by Gasteiger charge is 2.23. The van der Waals surface area contributed by atoms with E-state index in [9.17, 15) is 9.81 Å². The van der Waals surface area contributed by atoms with Crippen molar-refractivity contribution in [3.05, 3.63) is 41.6 Å². The normalized spacial score (nSPS) is 17.2. The van der Waals surface area contributed by atoms with Crippen LogP contribution < -0.4 is 20.9 Å². The van der Waals surface area contributed by atoms with Crippen molar-refractivity contribution >= 4 is 39.8 Å². The number of benzene rings is 1. The molecule has 166 valence electrons. The summed E-state index contributed by atoms with van der Waals surface area (Å²) in [5, 5.41) is 24.0. The van der Waals surface area contributed by atoms with E-state index in [0.29, 0.717) is 28.8 Å². The van der Waals surface area contributed by atoms with Gasteiger partial charge in [0.25, 0.3) is 0 Å². The number of hydrogen-bond donors (Lipinski definition) is 3. The van der Waals surface area contributed by atoms with Crippen LogP contribution in [0.1, 0.15) is 24.0 Å². The van der Waals surface area contributed by atoms with E-state index in [0.717, 1.165) is 61.8 Å². The summed E-state index contributed by atoms with van der Waals surface area (Å²) in [5.74, 6) is 1.95. The van der Waals surface area contributed by atoms with E-state index in [1.54, 1.807) is 17.0 Å². The van der Waals surface area contributed by atoms with Crippen molar-refractivity contribution in [1.82, 2.24) is 19.9 Å². The number of nitrogens with zero attached hydrogens (tertiary/aromatic N) is 5. The summed E-state index contributed by atoms with van der Waals surface area (Å²) in [6, 6.07) is 10.7. The minimum Gasteiger partial charge on any atom is -0.616 e. The predicted octanol–water partition coefficient (Wildman–Crippen LogP) is 2.21. The summed E-state index contributed by atoms with van der Waals surface area (Å²) in [5.41, 5.74) is 4.01. The minimum atomic E-state index is -0.950. The number of anilines is 4. The molecule has 1 aliphatic heterocycles. The zero-order chi connectivity index (χ0) is 22.1. The minimum absolute atomic E-state index is 0.434. The molecule has 2 fully saturated rings. The lowest BCUT2D eigenvalue weighted by atomic mass is 10.1. The molecule has 0 amide bonds. The van der Waals surface area contributed by atoms with Crippen LogP contribution in [-0.4, -0.2) is 57.6 Å². The second-order valence-corrected chi connectivity index (χ2v) is 9.71. The average molecular weight is 451 g/mol. The first kappa shape index (κ1) is 20.9. The largest absolute Gasteiger partial charge is 0.616 e. The topological polar surface area (TPSA) is 116 Å². The summed E-state index contributed by atoms with van der Waals surface area (Å²) in [4.78, 5) is 6.98. The maximum Gasteiger partial charge on any atom is 0.177 e. The molecule has 2 aromatic heterocycles. The lowest BCUT2D eigenvalue weighted by Crippen LogP contribution is -2.44. The molecule has 1 aliphatic carbocycles. The molecule has 10 heteroatoms. The third-order valence-electron chi connectivity index (χ3n) is 5.69. The molecule has 1 unspecified atom stereocenters. The maximum absolute atomic E-state index is 12.1. The van der Waals surface area contributed by atoms with Gasteiger partial charge in [-0.1, -0.05) is 11.2 Å². The van der Waals surface area contributed by atoms with Gasteiger partial charge >= 0.3 is 0 Å². The molecule has 9 nitrogen and oxygen atoms in total. The highest BCUT2D eigenvalue weighted by atomic mass is 32.2.